The average Bonchev–Trinajstić information content (AvgIpc) is 3.08. The van der Waals surface area contributed by atoms with E-state index in [0.717, 1.165) is 4.52 Å². The second kappa shape index (κ2) is 7.19. The number of halogens is 5. The summed E-state index contributed by atoms with van der Waals surface area (Å²) in [7, 11) is 0. The normalized spacial score (nSPS) is 14.6. The molecule has 1 aliphatic rings. The van der Waals surface area contributed by atoms with Crippen LogP contribution in [0.25, 0.3) is 11.2 Å². The van der Waals surface area contributed by atoms with Gasteiger partial charge in [-0.05, 0) is 36.4 Å². The molecule has 0 aliphatic carbocycles. The Kier molecular flexibility index (Phi) is 4.69. The summed E-state index contributed by atoms with van der Waals surface area (Å²) in [5.41, 5.74) is -0.181. The number of hydrogen-bond donors (Lipinski definition) is 0. The summed E-state index contributed by atoms with van der Waals surface area (Å²) in [4.78, 5) is 5.62. The third-order valence-corrected chi connectivity index (χ3v) is 4.30. The highest BCUT2D eigenvalue weighted by atomic mass is 19.4. The maximum atomic E-state index is 13.7. The van der Waals surface area contributed by atoms with Crippen LogP contribution in [0, 0.1) is 0 Å². The predicted molar refractivity (Wildman–Crippen MR) is 97.1 cm³/mol. The SMILES string of the molecule is FC(F)Oc1ccc(N2CC=NC=C2c2c(C(F)(F)F)nn3ccccc23)cc1. The molecule has 3 heterocycles. The minimum Gasteiger partial charge on any atom is -0.435 e. The number of fused-ring (bicyclic) bond motifs is 1. The summed E-state index contributed by atoms with van der Waals surface area (Å²) < 4.78 is 71.3. The first-order valence-electron chi connectivity index (χ1n) is 8.44. The lowest BCUT2D eigenvalue weighted by Crippen LogP contribution is -2.27. The Bertz CT molecular complexity index is 1090. The van der Waals surface area contributed by atoms with Gasteiger partial charge in [0.1, 0.15) is 5.75 Å². The van der Waals surface area contributed by atoms with Crippen LogP contribution in [0.4, 0.5) is 27.6 Å². The van der Waals surface area contributed by atoms with Crippen molar-refractivity contribution in [3.63, 3.8) is 0 Å². The van der Waals surface area contributed by atoms with Crippen LogP contribution >= 0.6 is 0 Å². The number of rotatable bonds is 4. The van der Waals surface area contributed by atoms with E-state index < -0.39 is 18.5 Å². The largest absolute Gasteiger partial charge is 0.435 e. The monoisotopic (exact) mass is 408 g/mol. The first kappa shape index (κ1) is 18.9. The quantitative estimate of drug-likeness (QED) is 0.580. The highest BCUT2D eigenvalue weighted by Gasteiger charge is 2.40. The van der Waals surface area contributed by atoms with Crippen molar-refractivity contribution in [1.29, 1.82) is 0 Å². The number of aliphatic imine (C=N–C) groups is 1. The minimum absolute atomic E-state index is 0.0491. The number of anilines is 1. The fraction of sp³-hybridized carbons (Fsp3) is 0.158. The Labute approximate surface area is 161 Å². The predicted octanol–water partition coefficient (Wildman–Crippen LogP) is 4.84. The third-order valence-electron chi connectivity index (χ3n) is 4.30. The zero-order valence-electron chi connectivity index (χ0n) is 14.6. The molecule has 1 aromatic carbocycles. The molecule has 5 nitrogen and oxygen atoms in total. The van der Waals surface area contributed by atoms with Gasteiger partial charge in [-0.1, -0.05) is 6.07 Å². The van der Waals surface area contributed by atoms with Crippen LogP contribution in [0.15, 0.2) is 59.9 Å². The second-order valence-electron chi connectivity index (χ2n) is 6.08. The molecular weight excluding hydrogens is 395 g/mol. The van der Waals surface area contributed by atoms with Crippen LogP contribution in [-0.2, 0) is 6.18 Å². The summed E-state index contributed by atoms with van der Waals surface area (Å²) in [5, 5.41) is 3.70. The summed E-state index contributed by atoms with van der Waals surface area (Å²) in [6.07, 6.45) is -0.385. The third kappa shape index (κ3) is 3.65. The maximum absolute atomic E-state index is 13.7. The van der Waals surface area contributed by atoms with Crippen molar-refractivity contribution in [2.24, 2.45) is 4.99 Å². The van der Waals surface area contributed by atoms with E-state index in [1.807, 2.05) is 0 Å². The highest BCUT2D eigenvalue weighted by molar-refractivity contribution is 5.92. The first-order valence-corrected chi connectivity index (χ1v) is 8.44. The lowest BCUT2D eigenvalue weighted by molar-refractivity contribution is -0.141. The molecule has 3 aromatic rings. The molecule has 0 radical (unpaired) electrons. The highest BCUT2D eigenvalue weighted by Crippen LogP contribution is 2.39. The van der Waals surface area contributed by atoms with E-state index in [1.165, 1.54) is 48.9 Å². The van der Waals surface area contributed by atoms with Crippen LogP contribution in [0.3, 0.4) is 0 Å². The number of benzene rings is 1. The van der Waals surface area contributed by atoms with E-state index in [9.17, 15) is 22.0 Å². The smallest absolute Gasteiger partial charge is 0.435 e. The molecule has 10 heteroatoms. The molecular formula is C19H13F5N4O. The fourth-order valence-electron chi connectivity index (χ4n) is 3.12. The molecule has 0 saturated heterocycles. The number of alkyl halides is 5. The van der Waals surface area contributed by atoms with Crippen molar-refractivity contribution in [1.82, 2.24) is 9.61 Å². The Morgan fingerprint density at radius 3 is 2.48 bits per heavy atom. The molecule has 4 rings (SSSR count). The van der Waals surface area contributed by atoms with Crippen LogP contribution in [0.2, 0.25) is 0 Å². The second-order valence-corrected chi connectivity index (χ2v) is 6.08. The Morgan fingerprint density at radius 2 is 1.79 bits per heavy atom. The first-order chi connectivity index (χ1) is 13.8. The van der Waals surface area contributed by atoms with E-state index in [2.05, 4.69) is 14.8 Å². The number of aromatic nitrogens is 2. The van der Waals surface area contributed by atoms with Gasteiger partial charge < -0.3 is 9.64 Å². The van der Waals surface area contributed by atoms with E-state index in [1.54, 1.807) is 17.0 Å². The van der Waals surface area contributed by atoms with Gasteiger partial charge in [-0.3, -0.25) is 4.99 Å². The molecule has 29 heavy (non-hydrogen) atoms. The lowest BCUT2D eigenvalue weighted by atomic mass is 10.1. The van der Waals surface area contributed by atoms with E-state index in [-0.39, 0.29) is 29.1 Å². The Morgan fingerprint density at radius 1 is 1.03 bits per heavy atom. The van der Waals surface area contributed by atoms with E-state index >= 15 is 0 Å². The van der Waals surface area contributed by atoms with Gasteiger partial charge in [-0.25, -0.2) is 4.52 Å². The summed E-state index contributed by atoms with van der Waals surface area (Å²) in [6.45, 7) is -2.77. The molecule has 1 aliphatic heterocycles. The van der Waals surface area contributed by atoms with Gasteiger partial charge in [0.15, 0.2) is 5.69 Å². The number of pyridine rings is 1. The molecule has 150 valence electrons. The zero-order valence-corrected chi connectivity index (χ0v) is 14.6. The van der Waals surface area contributed by atoms with Crippen molar-refractivity contribution < 1.29 is 26.7 Å². The lowest BCUT2D eigenvalue weighted by Gasteiger charge is -2.28. The van der Waals surface area contributed by atoms with Gasteiger partial charge in [0.25, 0.3) is 0 Å². The molecule has 0 N–H and O–H groups in total. The fourth-order valence-corrected chi connectivity index (χ4v) is 3.12. The zero-order chi connectivity index (χ0) is 20.6. The van der Waals surface area contributed by atoms with Crippen molar-refractivity contribution in [3.8, 4) is 5.75 Å². The standard InChI is InChI=1S/C19H13F5N4O/c20-18(21)29-13-6-4-12(5-7-13)27-10-8-25-11-15(27)16-14-3-1-2-9-28(14)26-17(16)19(22,23)24/h1-9,11,18H,10H2. The number of hydrogen-bond acceptors (Lipinski definition) is 4. The summed E-state index contributed by atoms with van der Waals surface area (Å²) >= 11 is 0. The summed E-state index contributed by atoms with van der Waals surface area (Å²) in [6, 6.07) is 10.4. The summed E-state index contributed by atoms with van der Waals surface area (Å²) in [5.74, 6) is -0.0491. The van der Waals surface area contributed by atoms with Crippen molar-refractivity contribution in [2.45, 2.75) is 12.8 Å². The van der Waals surface area contributed by atoms with Crippen molar-refractivity contribution in [3.05, 3.63) is 66.1 Å². The van der Waals surface area contributed by atoms with Gasteiger partial charge in [-0.2, -0.15) is 27.1 Å². The molecule has 0 amide bonds. The van der Waals surface area contributed by atoms with Gasteiger partial charge in [0.05, 0.1) is 29.5 Å². The van der Waals surface area contributed by atoms with Gasteiger partial charge >= 0.3 is 12.8 Å². The van der Waals surface area contributed by atoms with Crippen molar-refractivity contribution in [2.75, 3.05) is 11.4 Å². The van der Waals surface area contributed by atoms with E-state index in [0.29, 0.717) is 5.69 Å². The number of ether oxygens (including phenoxy) is 1. The molecule has 0 bridgehead atoms. The molecule has 0 unspecified atom stereocenters. The van der Waals surface area contributed by atoms with Crippen LogP contribution in [0.1, 0.15) is 11.3 Å². The minimum atomic E-state index is -4.68. The molecule has 0 spiro atoms. The Hall–Kier alpha value is -3.43. The van der Waals surface area contributed by atoms with Gasteiger partial charge in [-0.15, -0.1) is 0 Å². The maximum Gasteiger partial charge on any atom is 0.435 e. The van der Waals surface area contributed by atoms with Gasteiger partial charge in [0, 0.05) is 18.1 Å². The Balaban J connectivity index is 1.81. The molecule has 0 fully saturated rings. The van der Waals surface area contributed by atoms with Crippen LogP contribution < -0.4 is 9.64 Å². The molecule has 0 saturated carbocycles. The van der Waals surface area contributed by atoms with Crippen LogP contribution in [-0.4, -0.2) is 29.0 Å². The van der Waals surface area contributed by atoms with Crippen molar-refractivity contribution >= 4 is 23.1 Å². The van der Waals surface area contributed by atoms with E-state index in [4.69, 9.17) is 0 Å². The molecule has 2 aromatic heterocycles. The molecule has 0 atom stereocenters. The average molecular weight is 408 g/mol. The van der Waals surface area contributed by atoms with Gasteiger partial charge in [0.2, 0.25) is 0 Å². The topological polar surface area (TPSA) is 42.1 Å². The van der Waals surface area contributed by atoms with Crippen LogP contribution in [0.5, 0.6) is 5.75 Å². The number of nitrogens with zero attached hydrogens (tertiary/aromatic N) is 4.